The van der Waals surface area contributed by atoms with Gasteiger partial charge in [0.05, 0.1) is 5.69 Å². The number of rotatable bonds is 4. The summed E-state index contributed by atoms with van der Waals surface area (Å²) in [6.45, 7) is 3.44. The van der Waals surface area contributed by atoms with Gasteiger partial charge in [-0.3, -0.25) is 4.40 Å². The summed E-state index contributed by atoms with van der Waals surface area (Å²) < 4.78 is 2.13. The van der Waals surface area contributed by atoms with E-state index in [0.717, 1.165) is 11.4 Å². The minimum Gasteiger partial charge on any atom is -0.311 e. The maximum atomic E-state index is 4.70. The molecule has 0 radical (unpaired) electrons. The zero-order valence-corrected chi connectivity index (χ0v) is 11.1. The lowest BCUT2D eigenvalue weighted by atomic mass is 9.87. The molecule has 4 heteroatoms. The summed E-state index contributed by atoms with van der Waals surface area (Å²) in [4.78, 5) is 5.82. The van der Waals surface area contributed by atoms with Crippen LogP contribution in [0.25, 0.3) is 4.96 Å². The van der Waals surface area contributed by atoms with Crippen LogP contribution in [0.5, 0.6) is 0 Å². The van der Waals surface area contributed by atoms with Gasteiger partial charge in [-0.1, -0.05) is 13.3 Å². The van der Waals surface area contributed by atoms with Crippen molar-refractivity contribution in [2.45, 2.75) is 44.6 Å². The van der Waals surface area contributed by atoms with Gasteiger partial charge in [0.2, 0.25) is 0 Å². The summed E-state index contributed by atoms with van der Waals surface area (Å²) in [6.07, 6.45) is 10.5. The maximum absolute atomic E-state index is 4.70. The molecule has 0 bridgehead atoms. The fourth-order valence-corrected chi connectivity index (χ4v) is 3.73. The Morgan fingerprint density at radius 1 is 1.59 bits per heavy atom. The predicted molar refractivity (Wildman–Crippen MR) is 71.6 cm³/mol. The Balaban J connectivity index is 1.82. The Hall–Kier alpha value is -0.870. The first-order valence-electron chi connectivity index (χ1n) is 6.47. The zero-order valence-electron chi connectivity index (χ0n) is 10.3. The lowest BCUT2D eigenvalue weighted by Crippen LogP contribution is -2.41. The third kappa shape index (κ3) is 2.11. The Morgan fingerprint density at radius 2 is 2.53 bits per heavy atom. The van der Waals surface area contributed by atoms with Crippen molar-refractivity contribution < 1.29 is 0 Å². The molecule has 0 amide bonds. The van der Waals surface area contributed by atoms with Crippen LogP contribution in [0.1, 0.15) is 38.3 Å². The van der Waals surface area contributed by atoms with E-state index in [1.54, 1.807) is 11.3 Å². The highest BCUT2D eigenvalue weighted by atomic mass is 32.1. The molecular weight excluding hydrogens is 230 g/mol. The van der Waals surface area contributed by atoms with Gasteiger partial charge >= 0.3 is 0 Å². The maximum Gasteiger partial charge on any atom is 0.193 e. The fraction of sp³-hybridized carbons (Fsp3) is 0.615. The lowest BCUT2D eigenvalue weighted by molar-refractivity contribution is 0.339. The summed E-state index contributed by atoms with van der Waals surface area (Å²) in [5.74, 6) is 0. The molecule has 0 spiro atoms. The van der Waals surface area contributed by atoms with Gasteiger partial charge in [-0.2, -0.15) is 0 Å². The molecular formula is C13H19N3S. The standard InChI is InChI=1S/C13H19N3S/c1-2-4-13(5-3-6-14-13)9-11-10-16-7-8-17-12(16)15-11/h7-8,10,14H,2-6,9H2,1H3. The van der Waals surface area contributed by atoms with Crippen LogP contribution < -0.4 is 5.32 Å². The predicted octanol–water partition coefficient (Wildman–Crippen LogP) is 2.86. The van der Waals surface area contributed by atoms with Crippen LogP contribution in [0, 0.1) is 0 Å². The van der Waals surface area contributed by atoms with Gasteiger partial charge < -0.3 is 5.32 Å². The second kappa shape index (κ2) is 4.42. The summed E-state index contributed by atoms with van der Waals surface area (Å²) >= 11 is 1.71. The molecule has 92 valence electrons. The minimum absolute atomic E-state index is 0.318. The number of aromatic nitrogens is 2. The van der Waals surface area contributed by atoms with Gasteiger partial charge in [0.15, 0.2) is 4.96 Å². The van der Waals surface area contributed by atoms with Gasteiger partial charge in [0.25, 0.3) is 0 Å². The van der Waals surface area contributed by atoms with Crippen LogP contribution in [-0.2, 0) is 6.42 Å². The van der Waals surface area contributed by atoms with E-state index in [2.05, 4.69) is 34.4 Å². The summed E-state index contributed by atoms with van der Waals surface area (Å²) in [5, 5.41) is 5.80. The van der Waals surface area contributed by atoms with E-state index < -0.39 is 0 Å². The second-order valence-electron chi connectivity index (χ2n) is 5.06. The molecule has 2 aromatic rings. The third-order valence-corrected chi connectivity index (χ3v) is 4.49. The van der Waals surface area contributed by atoms with Crippen molar-refractivity contribution in [1.82, 2.24) is 14.7 Å². The highest BCUT2D eigenvalue weighted by Gasteiger charge is 2.33. The van der Waals surface area contributed by atoms with Gasteiger partial charge in [-0.05, 0) is 25.8 Å². The molecule has 0 saturated carbocycles. The molecule has 3 heterocycles. The Morgan fingerprint density at radius 3 is 3.24 bits per heavy atom. The van der Waals surface area contributed by atoms with E-state index in [0.29, 0.717) is 5.54 Å². The molecule has 1 aliphatic heterocycles. The molecule has 1 aliphatic rings. The van der Waals surface area contributed by atoms with E-state index in [9.17, 15) is 0 Å². The lowest BCUT2D eigenvalue weighted by Gasteiger charge is -2.28. The minimum atomic E-state index is 0.318. The smallest absolute Gasteiger partial charge is 0.193 e. The summed E-state index contributed by atoms with van der Waals surface area (Å²) in [5.41, 5.74) is 1.55. The molecule has 1 unspecified atom stereocenters. The molecule has 1 atom stereocenters. The Labute approximate surface area is 106 Å². The first kappa shape index (κ1) is 11.2. The quantitative estimate of drug-likeness (QED) is 0.903. The van der Waals surface area contributed by atoms with E-state index >= 15 is 0 Å². The Kier molecular flexibility index (Phi) is 2.92. The van der Waals surface area contributed by atoms with Crippen molar-refractivity contribution in [3.63, 3.8) is 0 Å². The first-order valence-corrected chi connectivity index (χ1v) is 7.35. The van der Waals surface area contributed by atoms with E-state index in [-0.39, 0.29) is 0 Å². The van der Waals surface area contributed by atoms with Crippen molar-refractivity contribution in [3.8, 4) is 0 Å². The van der Waals surface area contributed by atoms with Gasteiger partial charge in [-0.15, -0.1) is 11.3 Å². The molecule has 1 fully saturated rings. The highest BCUT2D eigenvalue weighted by molar-refractivity contribution is 7.15. The zero-order chi connectivity index (χ0) is 11.7. The first-order chi connectivity index (χ1) is 8.31. The number of nitrogens with zero attached hydrogens (tertiary/aromatic N) is 2. The summed E-state index contributed by atoms with van der Waals surface area (Å²) in [6, 6.07) is 0. The van der Waals surface area contributed by atoms with Crippen LogP contribution in [0.15, 0.2) is 17.8 Å². The molecule has 0 aliphatic carbocycles. The number of nitrogens with one attached hydrogen (secondary N) is 1. The highest BCUT2D eigenvalue weighted by Crippen LogP contribution is 2.28. The number of hydrogen-bond donors (Lipinski definition) is 1. The second-order valence-corrected chi connectivity index (χ2v) is 5.94. The van der Waals surface area contributed by atoms with Crippen molar-refractivity contribution in [2.24, 2.45) is 0 Å². The van der Waals surface area contributed by atoms with Gasteiger partial charge in [0.1, 0.15) is 0 Å². The molecule has 0 aromatic carbocycles. The largest absolute Gasteiger partial charge is 0.311 e. The van der Waals surface area contributed by atoms with Crippen molar-refractivity contribution in [1.29, 1.82) is 0 Å². The number of fused-ring (bicyclic) bond motifs is 1. The normalized spacial score (nSPS) is 24.8. The molecule has 3 rings (SSSR count). The van der Waals surface area contributed by atoms with E-state index in [4.69, 9.17) is 4.98 Å². The molecule has 1 saturated heterocycles. The van der Waals surface area contributed by atoms with Crippen molar-refractivity contribution in [3.05, 3.63) is 23.5 Å². The van der Waals surface area contributed by atoms with Crippen LogP contribution in [-0.4, -0.2) is 21.5 Å². The topological polar surface area (TPSA) is 29.3 Å². The van der Waals surface area contributed by atoms with Crippen molar-refractivity contribution >= 4 is 16.3 Å². The number of hydrogen-bond acceptors (Lipinski definition) is 3. The van der Waals surface area contributed by atoms with Crippen LogP contribution >= 0.6 is 11.3 Å². The molecule has 3 nitrogen and oxygen atoms in total. The SMILES string of the molecule is CCCC1(Cc2cn3ccsc3n2)CCCN1. The van der Waals surface area contributed by atoms with E-state index in [1.165, 1.54) is 37.9 Å². The van der Waals surface area contributed by atoms with Crippen LogP contribution in [0.2, 0.25) is 0 Å². The third-order valence-electron chi connectivity index (χ3n) is 3.72. The fourth-order valence-electron chi connectivity index (χ4n) is 3.01. The van der Waals surface area contributed by atoms with Crippen molar-refractivity contribution in [2.75, 3.05) is 6.54 Å². The van der Waals surface area contributed by atoms with Gasteiger partial charge in [0, 0.05) is 29.7 Å². The average molecular weight is 249 g/mol. The number of thiazole rings is 1. The summed E-state index contributed by atoms with van der Waals surface area (Å²) in [7, 11) is 0. The van der Waals surface area contributed by atoms with Crippen LogP contribution in [0.4, 0.5) is 0 Å². The molecule has 17 heavy (non-hydrogen) atoms. The van der Waals surface area contributed by atoms with E-state index in [1.807, 2.05) is 0 Å². The molecule has 2 aromatic heterocycles. The van der Waals surface area contributed by atoms with Gasteiger partial charge in [-0.25, -0.2) is 4.98 Å². The number of imidazole rings is 1. The Bertz CT molecular complexity index is 465. The monoisotopic (exact) mass is 249 g/mol. The van der Waals surface area contributed by atoms with Crippen LogP contribution in [0.3, 0.4) is 0 Å². The average Bonchev–Trinajstić information content (AvgIpc) is 2.94. The molecule has 1 N–H and O–H groups in total.